The maximum absolute atomic E-state index is 11.5. The highest BCUT2D eigenvalue weighted by Crippen LogP contribution is 1.96. The highest BCUT2D eigenvalue weighted by atomic mass is 16.5. The second-order valence-corrected chi connectivity index (χ2v) is 5.30. The predicted octanol–water partition coefficient (Wildman–Crippen LogP) is 2.49. The number of carbonyl (C=O) groups excluding carboxylic acids is 2. The van der Waals surface area contributed by atoms with Crippen LogP contribution in [0.2, 0.25) is 0 Å². The lowest BCUT2D eigenvalue weighted by Gasteiger charge is -2.14. The highest BCUT2D eigenvalue weighted by Gasteiger charge is 2.18. The predicted molar refractivity (Wildman–Crippen MR) is 91.3 cm³/mol. The minimum absolute atomic E-state index is 0.188. The summed E-state index contributed by atoms with van der Waals surface area (Å²) in [6.07, 6.45) is 5.60. The molecule has 3 N–H and O–H groups in total. The molecule has 0 radical (unpaired) electrons. The zero-order valence-electron chi connectivity index (χ0n) is 14.6. The van der Waals surface area contributed by atoms with Crippen LogP contribution >= 0.6 is 0 Å². The minimum atomic E-state index is -0.695. The van der Waals surface area contributed by atoms with Crippen LogP contribution in [-0.2, 0) is 14.3 Å². The summed E-state index contributed by atoms with van der Waals surface area (Å²) in [5.41, 5.74) is 7.55. The first kappa shape index (κ1) is 22.4. The summed E-state index contributed by atoms with van der Waals surface area (Å²) in [7, 11) is 0. The van der Waals surface area contributed by atoms with Crippen LogP contribution in [0.4, 0.5) is 0 Å². The van der Waals surface area contributed by atoms with Gasteiger partial charge in [0.2, 0.25) is 5.91 Å². The third-order valence-corrected chi connectivity index (χ3v) is 2.19. The first-order valence-corrected chi connectivity index (χ1v) is 7.25. The molecule has 5 nitrogen and oxygen atoms in total. The van der Waals surface area contributed by atoms with Crippen LogP contribution in [0.1, 0.15) is 41.5 Å². The van der Waals surface area contributed by atoms with Gasteiger partial charge in [0.1, 0.15) is 12.6 Å². The monoisotopic (exact) mass is 310 g/mol. The second-order valence-electron chi connectivity index (χ2n) is 5.30. The van der Waals surface area contributed by atoms with E-state index in [9.17, 15) is 9.59 Å². The van der Waals surface area contributed by atoms with E-state index in [1.807, 2.05) is 39.8 Å². The van der Waals surface area contributed by atoms with Crippen molar-refractivity contribution in [1.29, 1.82) is 0 Å². The number of allylic oxidation sites excluding steroid dienone is 4. The van der Waals surface area contributed by atoms with Gasteiger partial charge in [-0.3, -0.25) is 4.79 Å². The van der Waals surface area contributed by atoms with Gasteiger partial charge >= 0.3 is 5.97 Å². The van der Waals surface area contributed by atoms with Crippen LogP contribution < -0.4 is 11.1 Å². The van der Waals surface area contributed by atoms with Crippen molar-refractivity contribution in [3.8, 4) is 0 Å². The molecule has 0 spiro atoms. The van der Waals surface area contributed by atoms with Crippen molar-refractivity contribution in [3.63, 3.8) is 0 Å². The number of nitrogens with one attached hydrogen (secondary N) is 1. The fraction of sp³-hybridized carbons (Fsp3) is 0.529. The molecule has 0 fully saturated rings. The molecule has 0 saturated carbocycles. The zero-order chi connectivity index (χ0) is 17.7. The number of esters is 1. The highest BCUT2D eigenvalue weighted by molar-refractivity contribution is 5.86. The molecule has 22 heavy (non-hydrogen) atoms. The fourth-order valence-electron chi connectivity index (χ4n) is 1.11. The summed E-state index contributed by atoms with van der Waals surface area (Å²) in [5.74, 6) is -0.853. The lowest BCUT2D eigenvalue weighted by atomic mass is 10.2. The first-order chi connectivity index (χ1) is 10.1. The van der Waals surface area contributed by atoms with E-state index in [1.54, 1.807) is 19.9 Å². The Hall–Kier alpha value is -1.88. The fourth-order valence-corrected chi connectivity index (χ4v) is 1.11. The molecule has 0 aromatic rings. The topological polar surface area (TPSA) is 81.4 Å². The Bertz CT molecular complexity index is 420. The van der Waals surface area contributed by atoms with E-state index in [0.717, 1.165) is 5.57 Å². The standard InChI is InChI=1S/C13H22N2O3.C4H8/c1-5-6-9(2)7-8-18-13(17)11(4)15-12(16)10(3)14;1-4(2)3/h5-7,10-11H,8,14H2,1-4H3,(H,15,16);1H2,2-3H3/b6-5+,9-7+;/t10-,11?;/m0./s1. The molecule has 0 rings (SSSR count). The Labute approximate surface area is 134 Å². The van der Waals surface area contributed by atoms with E-state index >= 15 is 0 Å². The van der Waals surface area contributed by atoms with Crippen molar-refractivity contribution in [2.75, 3.05) is 6.61 Å². The molecule has 1 unspecified atom stereocenters. The molecule has 0 aliphatic rings. The normalized spacial score (nSPS) is 13.7. The van der Waals surface area contributed by atoms with Crippen LogP contribution in [0.15, 0.2) is 36.0 Å². The van der Waals surface area contributed by atoms with Gasteiger partial charge in [-0.05, 0) is 47.6 Å². The molecule has 1 amide bonds. The van der Waals surface area contributed by atoms with Gasteiger partial charge in [0, 0.05) is 0 Å². The van der Waals surface area contributed by atoms with Gasteiger partial charge < -0.3 is 15.8 Å². The van der Waals surface area contributed by atoms with Gasteiger partial charge in [-0.1, -0.05) is 23.3 Å². The van der Waals surface area contributed by atoms with Crippen LogP contribution in [-0.4, -0.2) is 30.6 Å². The molecule has 0 saturated heterocycles. The Morgan fingerprint density at radius 3 is 2.18 bits per heavy atom. The molecule has 0 aliphatic heterocycles. The summed E-state index contributed by atoms with van der Waals surface area (Å²) in [6.45, 7) is 14.6. The Morgan fingerprint density at radius 1 is 1.27 bits per heavy atom. The van der Waals surface area contributed by atoms with Crippen molar-refractivity contribution in [2.24, 2.45) is 5.73 Å². The van der Waals surface area contributed by atoms with Crippen molar-refractivity contribution >= 4 is 11.9 Å². The quantitative estimate of drug-likeness (QED) is 0.448. The number of amides is 1. The Balaban J connectivity index is 0. The minimum Gasteiger partial charge on any atom is -0.460 e. The Morgan fingerprint density at radius 2 is 1.77 bits per heavy atom. The maximum atomic E-state index is 11.5. The van der Waals surface area contributed by atoms with Gasteiger partial charge in [-0.2, -0.15) is 0 Å². The van der Waals surface area contributed by atoms with Crippen molar-refractivity contribution < 1.29 is 14.3 Å². The van der Waals surface area contributed by atoms with Crippen molar-refractivity contribution in [2.45, 2.75) is 53.6 Å². The number of carbonyl (C=O) groups is 2. The summed E-state index contributed by atoms with van der Waals surface area (Å²) < 4.78 is 5.00. The third-order valence-electron chi connectivity index (χ3n) is 2.19. The SMILES string of the molecule is C/C=C/C(C)=C/COC(=O)C(C)NC(=O)[C@H](C)N.C=C(C)C. The molecule has 0 aliphatic carbocycles. The second kappa shape index (κ2) is 12.8. The first-order valence-electron chi connectivity index (χ1n) is 7.25. The van der Waals surface area contributed by atoms with Gasteiger partial charge in [0.25, 0.3) is 0 Å². The van der Waals surface area contributed by atoms with Gasteiger partial charge in [-0.15, -0.1) is 6.58 Å². The molecule has 126 valence electrons. The van der Waals surface area contributed by atoms with E-state index in [4.69, 9.17) is 10.5 Å². The van der Waals surface area contributed by atoms with E-state index < -0.39 is 18.1 Å². The van der Waals surface area contributed by atoms with E-state index in [0.29, 0.717) is 0 Å². The summed E-state index contributed by atoms with van der Waals surface area (Å²) in [5, 5.41) is 2.47. The molecule has 0 aromatic heterocycles. The average molecular weight is 310 g/mol. The lowest BCUT2D eigenvalue weighted by molar-refractivity contribution is -0.146. The third kappa shape index (κ3) is 14.5. The number of ether oxygens (including phenoxy) is 1. The molecular weight excluding hydrogens is 280 g/mol. The largest absolute Gasteiger partial charge is 0.460 e. The summed E-state index contributed by atoms with van der Waals surface area (Å²) in [4.78, 5) is 22.8. The smallest absolute Gasteiger partial charge is 0.328 e. The van der Waals surface area contributed by atoms with E-state index in [-0.39, 0.29) is 12.5 Å². The van der Waals surface area contributed by atoms with Crippen LogP contribution in [0.5, 0.6) is 0 Å². The average Bonchev–Trinajstić information content (AvgIpc) is 2.37. The number of rotatable bonds is 6. The summed E-state index contributed by atoms with van der Waals surface area (Å²) in [6, 6.07) is -1.34. The molecule has 2 atom stereocenters. The van der Waals surface area contributed by atoms with Crippen LogP contribution in [0, 0.1) is 0 Å². The van der Waals surface area contributed by atoms with E-state index in [2.05, 4.69) is 11.9 Å². The Kier molecular flexibility index (Phi) is 13.1. The zero-order valence-corrected chi connectivity index (χ0v) is 14.6. The van der Waals surface area contributed by atoms with Crippen molar-refractivity contribution in [1.82, 2.24) is 5.32 Å². The maximum Gasteiger partial charge on any atom is 0.328 e. The summed E-state index contributed by atoms with van der Waals surface area (Å²) >= 11 is 0. The van der Waals surface area contributed by atoms with Crippen LogP contribution in [0.3, 0.4) is 0 Å². The lowest BCUT2D eigenvalue weighted by Crippen LogP contribution is -2.46. The van der Waals surface area contributed by atoms with Gasteiger partial charge in [-0.25, -0.2) is 4.79 Å². The van der Waals surface area contributed by atoms with Crippen LogP contribution in [0.25, 0.3) is 0 Å². The van der Waals surface area contributed by atoms with Gasteiger partial charge in [0.15, 0.2) is 0 Å². The number of hydrogen-bond donors (Lipinski definition) is 2. The van der Waals surface area contributed by atoms with E-state index in [1.165, 1.54) is 5.57 Å². The molecular formula is C17H30N2O3. The number of hydrogen-bond acceptors (Lipinski definition) is 4. The van der Waals surface area contributed by atoms with Gasteiger partial charge in [0.05, 0.1) is 6.04 Å². The number of nitrogens with two attached hydrogens (primary N) is 1. The van der Waals surface area contributed by atoms with Crippen molar-refractivity contribution in [3.05, 3.63) is 36.0 Å². The molecule has 5 heteroatoms. The molecule has 0 bridgehead atoms. The molecule has 0 heterocycles. The molecule has 0 aromatic carbocycles.